The Morgan fingerprint density at radius 1 is 1.17 bits per heavy atom. The molecule has 3 rings (SSSR count). The van der Waals surface area contributed by atoms with Crippen LogP contribution >= 0.6 is 0 Å². The molecule has 4 nitrogen and oxygen atoms in total. The van der Waals surface area contributed by atoms with Gasteiger partial charge in [0, 0.05) is 19.8 Å². The number of imidazole rings is 1. The minimum Gasteiger partial charge on any atom is -0.326 e. The fourth-order valence-corrected chi connectivity index (χ4v) is 2.05. The third-order valence-electron chi connectivity index (χ3n) is 3.08. The molecule has 0 aliphatic rings. The maximum Gasteiger partial charge on any atom is 0.159 e. The van der Waals surface area contributed by atoms with Gasteiger partial charge in [-0.3, -0.25) is 4.98 Å². The van der Waals surface area contributed by atoms with Crippen molar-refractivity contribution in [1.82, 2.24) is 14.5 Å². The molecule has 0 aliphatic heterocycles. The van der Waals surface area contributed by atoms with E-state index in [9.17, 15) is 0 Å². The van der Waals surface area contributed by atoms with Crippen LogP contribution in [0.1, 0.15) is 5.56 Å². The highest BCUT2D eigenvalue weighted by molar-refractivity contribution is 5.79. The molecule has 18 heavy (non-hydrogen) atoms. The van der Waals surface area contributed by atoms with E-state index in [2.05, 4.69) is 20.6 Å². The van der Waals surface area contributed by atoms with Crippen molar-refractivity contribution < 1.29 is 0 Å². The largest absolute Gasteiger partial charge is 0.326 e. The quantitative estimate of drug-likeness (QED) is 0.743. The van der Waals surface area contributed by atoms with Crippen LogP contribution in [-0.2, 0) is 13.6 Å². The zero-order valence-corrected chi connectivity index (χ0v) is 10.2. The molecule has 0 aliphatic carbocycles. The normalized spacial score (nSPS) is 11.0. The number of para-hydroxylation sites is 2. The van der Waals surface area contributed by atoms with Gasteiger partial charge in [0.25, 0.3) is 0 Å². The Bertz CT molecular complexity index is 683. The summed E-state index contributed by atoms with van der Waals surface area (Å²) in [5.74, 6) is 0.875. The Morgan fingerprint density at radius 3 is 2.67 bits per heavy atom. The minimum absolute atomic E-state index is 0.510. The highest BCUT2D eigenvalue weighted by atomic mass is 15.1. The van der Waals surface area contributed by atoms with E-state index >= 15 is 0 Å². The topological polar surface area (TPSA) is 56.7 Å². The number of fused-ring (bicyclic) bond motifs is 1. The monoisotopic (exact) mass is 238 g/mol. The molecule has 2 heterocycles. The summed E-state index contributed by atoms with van der Waals surface area (Å²) >= 11 is 0. The number of hydrogen-bond acceptors (Lipinski definition) is 3. The lowest BCUT2D eigenvalue weighted by molar-refractivity contribution is 0.947. The third kappa shape index (κ3) is 1.67. The van der Waals surface area contributed by atoms with Crippen LogP contribution in [0.3, 0.4) is 0 Å². The maximum absolute atomic E-state index is 5.57. The first-order chi connectivity index (χ1) is 8.79. The molecule has 0 amide bonds. The number of nitrogens with zero attached hydrogens (tertiary/aromatic N) is 3. The number of nitrogens with two attached hydrogens (primary N) is 1. The van der Waals surface area contributed by atoms with Crippen molar-refractivity contribution in [2.45, 2.75) is 6.54 Å². The molecule has 0 unspecified atom stereocenters. The first-order valence-electron chi connectivity index (χ1n) is 5.86. The van der Waals surface area contributed by atoms with E-state index in [1.807, 2.05) is 37.4 Å². The fraction of sp³-hybridized carbons (Fsp3) is 0.143. The van der Waals surface area contributed by atoms with Crippen LogP contribution in [0.2, 0.25) is 0 Å². The van der Waals surface area contributed by atoms with Crippen molar-refractivity contribution in [3.8, 4) is 11.5 Å². The van der Waals surface area contributed by atoms with Crippen LogP contribution in [-0.4, -0.2) is 14.5 Å². The molecule has 0 spiro atoms. The fourth-order valence-electron chi connectivity index (χ4n) is 2.05. The van der Waals surface area contributed by atoms with Gasteiger partial charge >= 0.3 is 0 Å². The number of benzene rings is 1. The molecule has 1 aromatic carbocycles. The summed E-state index contributed by atoms with van der Waals surface area (Å²) in [6.07, 6.45) is 1.80. The molecule has 3 aromatic rings. The van der Waals surface area contributed by atoms with Crippen LogP contribution in [0.5, 0.6) is 0 Å². The average Bonchev–Trinajstić information content (AvgIpc) is 2.77. The molecular weight excluding hydrogens is 224 g/mol. The first-order valence-corrected chi connectivity index (χ1v) is 5.86. The van der Waals surface area contributed by atoms with Gasteiger partial charge in [-0.05, 0) is 23.8 Å². The van der Waals surface area contributed by atoms with Crippen molar-refractivity contribution in [3.05, 3.63) is 48.2 Å². The summed E-state index contributed by atoms with van der Waals surface area (Å²) in [7, 11) is 2.00. The van der Waals surface area contributed by atoms with Crippen molar-refractivity contribution in [2.75, 3.05) is 0 Å². The summed E-state index contributed by atoms with van der Waals surface area (Å²) in [5.41, 5.74) is 9.56. The lowest BCUT2D eigenvalue weighted by Gasteiger charge is -2.02. The van der Waals surface area contributed by atoms with Gasteiger partial charge in [0.1, 0.15) is 5.69 Å². The molecule has 0 atom stereocenters. The summed E-state index contributed by atoms with van der Waals surface area (Å²) in [4.78, 5) is 9.02. The second kappa shape index (κ2) is 4.23. The van der Waals surface area contributed by atoms with Crippen LogP contribution in [0, 0.1) is 0 Å². The minimum atomic E-state index is 0.510. The lowest BCUT2D eigenvalue weighted by Crippen LogP contribution is -1.99. The van der Waals surface area contributed by atoms with Crippen LogP contribution in [0.15, 0.2) is 42.6 Å². The Kier molecular flexibility index (Phi) is 2.57. The van der Waals surface area contributed by atoms with E-state index in [-0.39, 0.29) is 0 Å². The molecule has 0 radical (unpaired) electrons. The number of rotatable bonds is 2. The number of aryl methyl sites for hydroxylation is 1. The molecular formula is C14H14N4. The van der Waals surface area contributed by atoms with Crippen molar-refractivity contribution >= 4 is 11.0 Å². The Hall–Kier alpha value is -2.20. The van der Waals surface area contributed by atoms with Gasteiger partial charge in [0.2, 0.25) is 0 Å². The van der Waals surface area contributed by atoms with Crippen molar-refractivity contribution in [3.63, 3.8) is 0 Å². The Balaban J connectivity index is 2.15. The van der Waals surface area contributed by atoms with E-state index in [1.165, 1.54) is 0 Å². The summed E-state index contributed by atoms with van der Waals surface area (Å²) in [5, 5.41) is 0. The van der Waals surface area contributed by atoms with Crippen LogP contribution in [0.25, 0.3) is 22.6 Å². The first kappa shape index (κ1) is 10.9. The number of aromatic nitrogens is 3. The van der Waals surface area contributed by atoms with Gasteiger partial charge < -0.3 is 10.3 Å². The van der Waals surface area contributed by atoms with Crippen LogP contribution in [0.4, 0.5) is 0 Å². The Labute approximate surface area is 105 Å². The highest BCUT2D eigenvalue weighted by Crippen LogP contribution is 2.21. The van der Waals surface area contributed by atoms with E-state index in [0.29, 0.717) is 6.54 Å². The molecule has 90 valence electrons. The van der Waals surface area contributed by atoms with Crippen LogP contribution < -0.4 is 5.73 Å². The van der Waals surface area contributed by atoms with Gasteiger partial charge in [-0.1, -0.05) is 18.2 Å². The number of hydrogen-bond donors (Lipinski definition) is 1. The van der Waals surface area contributed by atoms with Gasteiger partial charge in [-0.15, -0.1) is 0 Å². The van der Waals surface area contributed by atoms with Gasteiger partial charge in [-0.25, -0.2) is 4.98 Å². The smallest absolute Gasteiger partial charge is 0.159 e. The Morgan fingerprint density at radius 2 is 2.00 bits per heavy atom. The third-order valence-corrected chi connectivity index (χ3v) is 3.08. The average molecular weight is 238 g/mol. The van der Waals surface area contributed by atoms with E-state index in [4.69, 9.17) is 5.73 Å². The molecule has 2 N–H and O–H groups in total. The molecule has 0 bridgehead atoms. The van der Waals surface area contributed by atoms with Crippen molar-refractivity contribution in [2.24, 2.45) is 12.8 Å². The molecule has 0 saturated carbocycles. The molecule has 4 heteroatoms. The maximum atomic E-state index is 5.57. The van der Waals surface area contributed by atoms with E-state index in [1.54, 1.807) is 6.20 Å². The molecule has 0 fully saturated rings. The van der Waals surface area contributed by atoms with Gasteiger partial charge in [0.15, 0.2) is 5.82 Å². The predicted molar refractivity (Wildman–Crippen MR) is 71.8 cm³/mol. The van der Waals surface area contributed by atoms with Gasteiger partial charge in [0.05, 0.1) is 11.0 Å². The standard InChI is InChI=1S/C14H14N4/c1-18-13-5-3-2-4-11(13)17-14(18)12-7-6-10(8-15)9-16-12/h2-7,9H,8,15H2,1H3. The summed E-state index contributed by atoms with van der Waals surface area (Å²) < 4.78 is 2.06. The zero-order chi connectivity index (χ0) is 12.5. The van der Waals surface area contributed by atoms with Crippen molar-refractivity contribution in [1.29, 1.82) is 0 Å². The summed E-state index contributed by atoms with van der Waals surface area (Å²) in [6, 6.07) is 12.0. The lowest BCUT2D eigenvalue weighted by atomic mass is 10.2. The highest BCUT2D eigenvalue weighted by Gasteiger charge is 2.09. The van der Waals surface area contributed by atoms with E-state index < -0.39 is 0 Å². The van der Waals surface area contributed by atoms with Gasteiger partial charge in [-0.2, -0.15) is 0 Å². The zero-order valence-electron chi connectivity index (χ0n) is 10.2. The predicted octanol–water partition coefficient (Wildman–Crippen LogP) is 2.09. The summed E-state index contributed by atoms with van der Waals surface area (Å²) in [6.45, 7) is 0.510. The SMILES string of the molecule is Cn1c(-c2ccc(CN)cn2)nc2ccccc21. The molecule has 0 saturated heterocycles. The second-order valence-corrected chi connectivity index (χ2v) is 4.24. The van der Waals surface area contributed by atoms with E-state index in [0.717, 1.165) is 28.1 Å². The molecule has 2 aromatic heterocycles. The number of pyridine rings is 1. The second-order valence-electron chi connectivity index (χ2n) is 4.24.